The average Bonchev–Trinajstić information content (AvgIpc) is 2.41. The smallest absolute Gasteiger partial charge is 0.288 e. The van der Waals surface area contributed by atoms with Crippen molar-refractivity contribution >= 4 is 28.9 Å². The zero-order valence-corrected chi connectivity index (χ0v) is 11.1. The van der Waals surface area contributed by atoms with Crippen molar-refractivity contribution in [2.24, 2.45) is 0 Å². The first-order valence-corrected chi connectivity index (χ1v) is 5.89. The van der Waals surface area contributed by atoms with E-state index >= 15 is 0 Å². The molecular formula is C12H9ClN4O3. The van der Waals surface area contributed by atoms with Crippen LogP contribution in [0.1, 0.15) is 16.1 Å². The number of hydrogen-bond donors (Lipinski definition) is 1. The van der Waals surface area contributed by atoms with Gasteiger partial charge in [0.25, 0.3) is 11.6 Å². The number of nitrogens with zero attached hydrogens (tertiary/aromatic N) is 3. The van der Waals surface area contributed by atoms with Crippen LogP contribution in [0.15, 0.2) is 30.6 Å². The third-order valence-electron chi connectivity index (χ3n) is 2.45. The fourth-order valence-electron chi connectivity index (χ4n) is 1.44. The third kappa shape index (κ3) is 3.07. The highest BCUT2D eigenvalue weighted by Crippen LogP contribution is 2.20. The number of carbonyl (C=O) groups is 1. The fraction of sp³-hybridized carbons (Fsp3) is 0.0833. The van der Waals surface area contributed by atoms with E-state index in [1.54, 1.807) is 12.1 Å². The summed E-state index contributed by atoms with van der Waals surface area (Å²) in [6.07, 6.45) is 2.47. The fourth-order valence-corrected chi connectivity index (χ4v) is 1.63. The van der Waals surface area contributed by atoms with Gasteiger partial charge in [-0.05, 0) is 19.1 Å². The SMILES string of the molecule is Cc1ccc(NC(=O)c2cc([N+](=O)[O-])cnc2Cl)cn1. The van der Waals surface area contributed by atoms with Gasteiger partial charge < -0.3 is 5.32 Å². The van der Waals surface area contributed by atoms with Crippen LogP contribution in [-0.2, 0) is 0 Å². The Hall–Kier alpha value is -2.54. The van der Waals surface area contributed by atoms with Gasteiger partial charge in [0, 0.05) is 11.8 Å². The zero-order valence-electron chi connectivity index (χ0n) is 10.3. The van der Waals surface area contributed by atoms with Crippen LogP contribution in [0.3, 0.4) is 0 Å². The highest BCUT2D eigenvalue weighted by Gasteiger charge is 2.17. The number of carbonyl (C=O) groups excluding carboxylic acids is 1. The molecule has 102 valence electrons. The van der Waals surface area contributed by atoms with Crippen molar-refractivity contribution in [3.63, 3.8) is 0 Å². The monoisotopic (exact) mass is 292 g/mol. The van der Waals surface area contributed by atoms with Gasteiger partial charge in [0.05, 0.1) is 22.4 Å². The minimum Gasteiger partial charge on any atom is -0.320 e. The number of nitrogens with one attached hydrogen (secondary N) is 1. The van der Waals surface area contributed by atoms with Gasteiger partial charge in [0.1, 0.15) is 11.3 Å². The number of rotatable bonds is 3. The second-order valence-corrected chi connectivity index (χ2v) is 4.29. The Labute approximate surface area is 118 Å². The number of halogens is 1. The molecule has 0 aliphatic carbocycles. The zero-order chi connectivity index (χ0) is 14.7. The lowest BCUT2D eigenvalue weighted by Crippen LogP contribution is -2.13. The summed E-state index contributed by atoms with van der Waals surface area (Å²) in [6, 6.07) is 4.47. The second-order valence-electron chi connectivity index (χ2n) is 3.93. The maximum absolute atomic E-state index is 12.0. The van der Waals surface area contributed by atoms with Gasteiger partial charge in [-0.15, -0.1) is 0 Å². The number of anilines is 1. The molecule has 2 aromatic rings. The summed E-state index contributed by atoms with van der Waals surface area (Å²) in [5.41, 5.74) is 0.893. The van der Waals surface area contributed by atoms with Crippen molar-refractivity contribution in [3.8, 4) is 0 Å². The molecule has 0 saturated heterocycles. The summed E-state index contributed by atoms with van der Waals surface area (Å²) in [5.74, 6) is -0.586. The number of aromatic nitrogens is 2. The van der Waals surface area contributed by atoms with Gasteiger partial charge in [0.15, 0.2) is 0 Å². The van der Waals surface area contributed by atoms with E-state index in [4.69, 9.17) is 11.6 Å². The summed E-state index contributed by atoms with van der Waals surface area (Å²) < 4.78 is 0. The largest absolute Gasteiger partial charge is 0.320 e. The molecule has 1 N–H and O–H groups in total. The van der Waals surface area contributed by atoms with Crippen LogP contribution >= 0.6 is 11.6 Å². The van der Waals surface area contributed by atoms with E-state index in [1.165, 1.54) is 6.20 Å². The molecule has 0 radical (unpaired) electrons. The van der Waals surface area contributed by atoms with E-state index in [2.05, 4.69) is 15.3 Å². The molecule has 0 unspecified atom stereocenters. The predicted molar refractivity (Wildman–Crippen MR) is 72.8 cm³/mol. The highest BCUT2D eigenvalue weighted by atomic mass is 35.5. The van der Waals surface area contributed by atoms with Crippen molar-refractivity contribution in [1.29, 1.82) is 0 Å². The van der Waals surface area contributed by atoms with Crippen molar-refractivity contribution in [3.05, 3.63) is 57.1 Å². The number of pyridine rings is 2. The second kappa shape index (κ2) is 5.62. The molecule has 0 saturated carbocycles. The molecule has 0 aliphatic rings. The minimum atomic E-state index is -0.645. The summed E-state index contributed by atoms with van der Waals surface area (Å²) in [6.45, 7) is 1.81. The molecule has 8 heteroatoms. The van der Waals surface area contributed by atoms with E-state index in [0.29, 0.717) is 5.69 Å². The molecule has 7 nitrogen and oxygen atoms in total. The Kier molecular flexibility index (Phi) is 3.90. The van der Waals surface area contributed by atoms with E-state index < -0.39 is 10.8 Å². The molecule has 0 fully saturated rings. The molecule has 0 atom stereocenters. The Morgan fingerprint density at radius 1 is 1.35 bits per heavy atom. The van der Waals surface area contributed by atoms with E-state index in [0.717, 1.165) is 18.0 Å². The topological polar surface area (TPSA) is 98.0 Å². The first kappa shape index (κ1) is 13.9. The van der Waals surface area contributed by atoms with Gasteiger partial charge in [-0.2, -0.15) is 0 Å². The van der Waals surface area contributed by atoms with Crippen LogP contribution in [0.5, 0.6) is 0 Å². The maximum Gasteiger partial charge on any atom is 0.288 e. The average molecular weight is 293 g/mol. The first-order valence-electron chi connectivity index (χ1n) is 5.51. The number of amides is 1. The first-order chi connectivity index (χ1) is 9.47. The molecule has 0 spiro atoms. The lowest BCUT2D eigenvalue weighted by Gasteiger charge is -2.06. The molecule has 2 rings (SSSR count). The Morgan fingerprint density at radius 3 is 2.70 bits per heavy atom. The third-order valence-corrected chi connectivity index (χ3v) is 2.75. The standard InChI is InChI=1S/C12H9ClN4O3/c1-7-2-3-8(5-14-7)16-12(18)10-4-9(17(19)20)6-15-11(10)13/h2-6H,1H3,(H,16,18). The summed E-state index contributed by atoms with van der Waals surface area (Å²) in [5, 5.41) is 13.1. The quantitative estimate of drug-likeness (QED) is 0.532. The van der Waals surface area contributed by atoms with E-state index in [1.807, 2.05) is 6.92 Å². The van der Waals surface area contributed by atoms with Gasteiger partial charge >= 0.3 is 0 Å². The van der Waals surface area contributed by atoms with Crippen LogP contribution in [0.4, 0.5) is 11.4 Å². The van der Waals surface area contributed by atoms with Crippen LogP contribution in [0, 0.1) is 17.0 Å². The van der Waals surface area contributed by atoms with Crippen LogP contribution in [0.25, 0.3) is 0 Å². The van der Waals surface area contributed by atoms with Crippen molar-refractivity contribution < 1.29 is 9.72 Å². The number of hydrogen-bond acceptors (Lipinski definition) is 5. The maximum atomic E-state index is 12.0. The molecule has 20 heavy (non-hydrogen) atoms. The van der Waals surface area contributed by atoms with E-state index in [9.17, 15) is 14.9 Å². The number of nitro groups is 1. The molecule has 2 heterocycles. The van der Waals surface area contributed by atoms with Gasteiger partial charge in [-0.3, -0.25) is 19.9 Å². The van der Waals surface area contributed by atoms with Crippen LogP contribution < -0.4 is 5.32 Å². The Bertz CT molecular complexity index is 673. The number of aryl methyl sites for hydroxylation is 1. The summed E-state index contributed by atoms with van der Waals surface area (Å²) in [4.78, 5) is 29.7. The minimum absolute atomic E-state index is 0.0681. The van der Waals surface area contributed by atoms with Gasteiger partial charge in [-0.25, -0.2) is 4.98 Å². The summed E-state index contributed by atoms with van der Waals surface area (Å²) in [7, 11) is 0. The Morgan fingerprint density at radius 2 is 2.10 bits per heavy atom. The van der Waals surface area contributed by atoms with Crippen molar-refractivity contribution in [2.45, 2.75) is 6.92 Å². The predicted octanol–water partition coefficient (Wildman–Crippen LogP) is 2.60. The van der Waals surface area contributed by atoms with Crippen molar-refractivity contribution in [1.82, 2.24) is 9.97 Å². The molecule has 0 aromatic carbocycles. The van der Waals surface area contributed by atoms with Gasteiger partial charge in [-0.1, -0.05) is 11.6 Å². The van der Waals surface area contributed by atoms with Crippen LogP contribution in [-0.4, -0.2) is 20.8 Å². The normalized spacial score (nSPS) is 10.1. The molecule has 2 aromatic heterocycles. The van der Waals surface area contributed by atoms with Gasteiger partial charge in [0.2, 0.25) is 0 Å². The molecule has 0 bridgehead atoms. The lowest BCUT2D eigenvalue weighted by atomic mass is 10.2. The van der Waals surface area contributed by atoms with Crippen molar-refractivity contribution in [2.75, 3.05) is 5.32 Å². The molecule has 0 aliphatic heterocycles. The lowest BCUT2D eigenvalue weighted by molar-refractivity contribution is -0.385. The molecular weight excluding hydrogens is 284 g/mol. The molecule has 1 amide bonds. The Balaban J connectivity index is 2.26. The highest BCUT2D eigenvalue weighted by molar-refractivity contribution is 6.33. The van der Waals surface area contributed by atoms with E-state index in [-0.39, 0.29) is 16.4 Å². The summed E-state index contributed by atoms with van der Waals surface area (Å²) >= 11 is 5.78. The van der Waals surface area contributed by atoms with Crippen LogP contribution in [0.2, 0.25) is 5.15 Å².